The molecule has 0 aromatic heterocycles. The van der Waals surface area contributed by atoms with Crippen LogP contribution in [0.25, 0.3) is 0 Å². The predicted octanol–water partition coefficient (Wildman–Crippen LogP) is 2.07. The first kappa shape index (κ1) is 15.5. The molecule has 1 atom stereocenters. The van der Waals surface area contributed by atoms with Crippen molar-refractivity contribution in [1.82, 2.24) is 5.32 Å². The minimum absolute atomic E-state index is 0.134. The number of rotatable bonds is 5. The van der Waals surface area contributed by atoms with Crippen molar-refractivity contribution < 1.29 is 14.7 Å². The molecule has 1 aromatic rings. The number of aliphatic carboxylic acids is 1. The summed E-state index contributed by atoms with van der Waals surface area (Å²) in [5.74, 6) is -1.43. The van der Waals surface area contributed by atoms with Gasteiger partial charge in [-0.1, -0.05) is 15.9 Å². The summed E-state index contributed by atoms with van der Waals surface area (Å²) in [5.41, 5.74) is 2.96. The zero-order chi connectivity index (χ0) is 14.6. The minimum atomic E-state index is -1.06. The Morgan fingerprint density at radius 1 is 1.32 bits per heavy atom. The van der Waals surface area contributed by atoms with E-state index in [0.29, 0.717) is 0 Å². The van der Waals surface area contributed by atoms with Gasteiger partial charge in [-0.25, -0.2) is 4.79 Å². The average molecular weight is 329 g/mol. The number of anilines is 1. The maximum Gasteiger partial charge on any atom is 0.328 e. The van der Waals surface area contributed by atoms with Gasteiger partial charge in [0.25, 0.3) is 0 Å². The minimum Gasteiger partial charge on any atom is -0.480 e. The third kappa shape index (κ3) is 4.55. The second-order valence-electron chi connectivity index (χ2n) is 4.40. The van der Waals surface area contributed by atoms with Gasteiger partial charge in [0.05, 0.1) is 0 Å². The summed E-state index contributed by atoms with van der Waals surface area (Å²) in [7, 11) is 0. The zero-order valence-corrected chi connectivity index (χ0v) is 12.7. The van der Waals surface area contributed by atoms with E-state index in [1.54, 1.807) is 0 Å². The summed E-state index contributed by atoms with van der Waals surface area (Å²) < 4.78 is 1.04. The molecule has 0 bridgehead atoms. The number of carbonyl (C=O) groups is 2. The van der Waals surface area contributed by atoms with Crippen molar-refractivity contribution in [1.29, 1.82) is 0 Å². The molecular weight excluding hydrogens is 312 g/mol. The molecule has 0 saturated carbocycles. The van der Waals surface area contributed by atoms with Gasteiger partial charge in [0, 0.05) is 23.6 Å². The van der Waals surface area contributed by atoms with E-state index in [1.165, 1.54) is 6.92 Å². The molecule has 6 heteroatoms. The van der Waals surface area contributed by atoms with Gasteiger partial charge < -0.3 is 15.7 Å². The van der Waals surface area contributed by atoms with Crippen LogP contribution in [0.5, 0.6) is 0 Å². The lowest BCUT2D eigenvalue weighted by molar-refractivity contribution is -0.141. The first-order valence-electron chi connectivity index (χ1n) is 5.81. The number of nitrogens with one attached hydrogen (secondary N) is 2. The van der Waals surface area contributed by atoms with Crippen molar-refractivity contribution in [2.45, 2.75) is 26.8 Å². The molecule has 104 valence electrons. The second-order valence-corrected chi connectivity index (χ2v) is 5.19. The molecule has 0 aliphatic rings. The van der Waals surface area contributed by atoms with E-state index in [1.807, 2.05) is 26.0 Å². The van der Waals surface area contributed by atoms with E-state index in [2.05, 4.69) is 26.6 Å². The summed E-state index contributed by atoms with van der Waals surface area (Å²) >= 11 is 3.47. The highest BCUT2D eigenvalue weighted by Gasteiger charge is 2.17. The third-order valence-corrected chi connectivity index (χ3v) is 3.87. The normalized spacial score (nSPS) is 11.8. The summed E-state index contributed by atoms with van der Waals surface area (Å²) in [6.45, 7) is 5.36. The van der Waals surface area contributed by atoms with Crippen LogP contribution in [0.2, 0.25) is 0 Å². The summed E-state index contributed by atoms with van der Waals surface area (Å²) in [6.07, 6.45) is 0. The third-order valence-electron chi connectivity index (χ3n) is 2.62. The number of carboxylic acid groups (broad SMARTS) is 1. The maximum absolute atomic E-state index is 11.0. The van der Waals surface area contributed by atoms with Crippen LogP contribution in [-0.2, 0) is 9.59 Å². The number of aryl methyl sites for hydroxylation is 2. The number of amides is 1. The quantitative estimate of drug-likeness (QED) is 0.773. The van der Waals surface area contributed by atoms with Crippen molar-refractivity contribution in [3.63, 3.8) is 0 Å². The summed E-state index contributed by atoms with van der Waals surface area (Å²) in [4.78, 5) is 21.9. The lowest BCUT2D eigenvalue weighted by Crippen LogP contribution is -2.44. The van der Waals surface area contributed by atoms with Crippen LogP contribution in [0.3, 0.4) is 0 Å². The Bertz CT molecular complexity index is 480. The van der Waals surface area contributed by atoms with Crippen molar-refractivity contribution >= 4 is 33.5 Å². The fraction of sp³-hybridized carbons (Fsp3) is 0.385. The van der Waals surface area contributed by atoms with Crippen molar-refractivity contribution in [2.24, 2.45) is 0 Å². The lowest BCUT2D eigenvalue weighted by Gasteiger charge is -2.16. The molecule has 19 heavy (non-hydrogen) atoms. The SMILES string of the molecule is CC(=O)NC(CNc1cc(C)c(Br)c(C)c1)C(=O)O. The summed E-state index contributed by atoms with van der Waals surface area (Å²) in [5, 5.41) is 14.4. The Labute approximate surface area is 120 Å². The number of carbonyl (C=O) groups excluding carboxylic acids is 1. The van der Waals surface area contributed by atoms with Crippen molar-refractivity contribution in [3.05, 3.63) is 27.7 Å². The smallest absolute Gasteiger partial charge is 0.328 e. The number of hydrogen-bond acceptors (Lipinski definition) is 3. The van der Waals surface area contributed by atoms with Gasteiger partial charge >= 0.3 is 5.97 Å². The molecule has 0 radical (unpaired) electrons. The molecule has 0 aliphatic heterocycles. The topological polar surface area (TPSA) is 78.4 Å². The van der Waals surface area contributed by atoms with E-state index in [9.17, 15) is 9.59 Å². The van der Waals surface area contributed by atoms with Crippen molar-refractivity contribution in [3.8, 4) is 0 Å². The van der Waals surface area contributed by atoms with Crippen LogP contribution >= 0.6 is 15.9 Å². The Hall–Kier alpha value is -1.56. The van der Waals surface area contributed by atoms with E-state index in [-0.39, 0.29) is 12.5 Å². The van der Waals surface area contributed by atoms with Crippen LogP contribution < -0.4 is 10.6 Å². The van der Waals surface area contributed by atoms with Crippen LogP contribution in [0.15, 0.2) is 16.6 Å². The Kier molecular flexibility index (Phi) is 5.35. The molecule has 0 saturated heterocycles. The van der Waals surface area contributed by atoms with E-state index in [0.717, 1.165) is 21.3 Å². The van der Waals surface area contributed by atoms with Gasteiger partial charge in [-0.3, -0.25) is 4.79 Å². The van der Waals surface area contributed by atoms with E-state index >= 15 is 0 Å². The molecule has 3 N–H and O–H groups in total. The van der Waals surface area contributed by atoms with Gasteiger partial charge in [-0.05, 0) is 37.1 Å². The first-order valence-corrected chi connectivity index (χ1v) is 6.61. The van der Waals surface area contributed by atoms with Gasteiger partial charge in [-0.2, -0.15) is 0 Å². The number of benzene rings is 1. The van der Waals surface area contributed by atoms with Crippen LogP contribution in [0, 0.1) is 13.8 Å². The van der Waals surface area contributed by atoms with Crippen LogP contribution in [0.4, 0.5) is 5.69 Å². The Morgan fingerprint density at radius 3 is 2.26 bits per heavy atom. The Balaban J connectivity index is 2.74. The van der Waals surface area contributed by atoms with Crippen LogP contribution in [0.1, 0.15) is 18.1 Å². The largest absolute Gasteiger partial charge is 0.480 e. The molecular formula is C13H17BrN2O3. The predicted molar refractivity (Wildman–Crippen MR) is 77.3 cm³/mol. The highest BCUT2D eigenvalue weighted by Crippen LogP contribution is 2.24. The van der Waals surface area contributed by atoms with Crippen molar-refractivity contribution in [2.75, 3.05) is 11.9 Å². The molecule has 0 fully saturated rings. The average Bonchev–Trinajstić information content (AvgIpc) is 2.30. The van der Waals surface area contributed by atoms with Gasteiger partial charge in [0.1, 0.15) is 6.04 Å². The number of halogens is 1. The fourth-order valence-corrected chi connectivity index (χ4v) is 1.94. The second kappa shape index (κ2) is 6.56. The maximum atomic E-state index is 11.0. The molecule has 5 nitrogen and oxygen atoms in total. The van der Waals surface area contributed by atoms with Gasteiger partial charge in [0.15, 0.2) is 0 Å². The molecule has 0 spiro atoms. The summed E-state index contributed by atoms with van der Waals surface area (Å²) in [6, 6.07) is 2.90. The van der Waals surface area contributed by atoms with E-state index < -0.39 is 12.0 Å². The fourth-order valence-electron chi connectivity index (χ4n) is 1.71. The van der Waals surface area contributed by atoms with Gasteiger partial charge in [0.2, 0.25) is 5.91 Å². The zero-order valence-electron chi connectivity index (χ0n) is 11.1. The molecule has 0 aliphatic carbocycles. The van der Waals surface area contributed by atoms with Gasteiger partial charge in [-0.15, -0.1) is 0 Å². The Morgan fingerprint density at radius 2 is 1.84 bits per heavy atom. The number of carboxylic acids is 1. The molecule has 1 aromatic carbocycles. The standard InChI is InChI=1S/C13H17BrN2O3/c1-7-4-10(5-8(2)12(7)14)15-6-11(13(18)19)16-9(3)17/h4-5,11,15H,6H2,1-3H3,(H,16,17)(H,18,19). The van der Waals surface area contributed by atoms with Crippen LogP contribution in [-0.4, -0.2) is 29.6 Å². The highest BCUT2D eigenvalue weighted by atomic mass is 79.9. The molecule has 1 rings (SSSR count). The monoisotopic (exact) mass is 328 g/mol. The highest BCUT2D eigenvalue weighted by molar-refractivity contribution is 9.10. The molecule has 1 amide bonds. The molecule has 0 heterocycles. The lowest BCUT2D eigenvalue weighted by atomic mass is 10.1. The first-order chi connectivity index (χ1) is 8.81. The van der Waals surface area contributed by atoms with E-state index in [4.69, 9.17) is 5.11 Å². The number of hydrogen-bond donors (Lipinski definition) is 3. The molecule has 1 unspecified atom stereocenters.